The highest BCUT2D eigenvalue weighted by Crippen LogP contribution is 2.21. The summed E-state index contributed by atoms with van der Waals surface area (Å²) in [7, 11) is 2.23. The Labute approximate surface area is 120 Å². The van der Waals surface area contributed by atoms with Crippen molar-refractivity contribution in [1.82, 2.24) is 4.90 Å². The molecule has 1 aliphatic rings. The van der Waals surface area contributed by atoms with Gasteiger partial charge in [0.05, 0.1) is 4.88 Å². The number of hydrogen-bond acceptors (Lipinski definition) is 3. The monoisotopic (exact) mass is 279 g/mol. The van der Waals surface area contributed by atoms with E-state index >= 15 is 0 Å². The van der Waals surface area contributed by atoms with Gasteiger partial charge in [-0.25, -0.2) is 0 Å². The Balaban J connectivity index is 1.68. The zero-order chi connectivity index (χ0) is 13.5. The van der Waals surface area contributed by atoms with Crippen LogP contribution in [0.4, 0.5) is 0 Å². The average Bonchev–Trinajstić information content (AvgIpc) is 2.81. The van der Waals surface area contributed by atoms with Gasteiger partial charge < -0.3 is 4.90 Å². The number of carbonyl (C=O) groups is 1. The molecule has 0 atom stereocenters. The van der Waals surface area contributed by atoms with Crippen LogP contribution in [0.2, 0.25) is 0 Å². The lowest BCUT2D eigenvalue weighted by Gasteiger charge is -2.26. The normalized spacial score (nSPS) is 17.6. The van der Waals surface area contributed by atoms with Gasteiger partial charge in [0, 0.05) is 12.5 Å². The minimum atomic E-state index is 0.310. The van der Waals surface area contributed by atoms with Crippen molar-refractivity contribution in [3.63, 3.8) is 0 Å². The number of ketones is 1. The van der Waals surface area contributed by atoms with Crippen LogP contribution in [-0.2, 0) is 0 Å². The van der Waals surface area contributed by atoms with Gasteiger partial charge in [0.15, 0.2) is 5.78 Å². The molecule has 0 N–H and O–H groups in total. The van der Waals surface area contributed by atoms with E-state index in [-0.39, 0.29) is 0 Å². The van der Waals surface area contributed by atoms with Crippen LogP contribution in [0.3, 0.4) is 0 Å². The maximum Gasteiger partial charge on any atom is 0.172 e. The van der Waals surface area contributed by atoms with Crippen molar-refractivity contribution < 1.29 is 4.79 Å². The molecule has 1 aliphatic carbocycles. The summed E-state index contributed by atoms with van der Waals surface area (Å²) in [4.78, 5) is 15.3. The first-order valence-electron chi connectivity index (χ1n) is 7.54. The van der Waals surface area contributed by atoms with E-state index < -0.39 is 0 Å². The topological polar surface area (TPSA) is 20.3 Å². The summed E-state index contributed by atoms with van der Waals surface area (Å²) in [6.07, 6.45) is 9.93. The van der Waals surface area contributed by atoms with Crippen LogP contribution in [0, 0.1) is 0 Å². The molecule has 0 aromatic carbocycles. The molecule has 1 fully saturated rings. The second-order valence-corrected chi connectivity index (χ2v) is 6.58. The lowest BCUT2D eigenvalue weighted by molar-refractivity contribution is 0.0976. The Morgan fingerprint density at radius 3 is 2.68 bits per heavy atom. The van der Waals surface area contributed by atoms with E-state index in [2.05, 4.69) is 11.9 Å². The fourth-order valence-corrected chi connectivity index (χ4v) is 3.62. The van der Waals surface area contributed by atoms with Crippen LogP contribution < -0.4 is 0 Å². The Morgan fingerprint density at radius 2 is 2.05 bits per heavy atom. The summed E-state index contributed by atoms with van der Waals surface area (Å²) in [5, 5.41) is 1.98. The smallest absolute Gasteiger partial charge is 0.172 e. The van der Waals surface area contributed by atoms with E-state index in [0.717, 1.165) is 23.9 Å². The molecule has 1 saturated carbocycles. The third-order valence-corrected chi connectivity index (χ3v) is 5.07. The van der Waals surface area contributed by atoms with Gasteiger partial charge in [0.2, 0.25) is 0 Å². The van der Waals surface area contributed by atoms with Crippen LogP contribution in [0.25, 0.3) is 0 Å². The molecule has 2 nitrogen and oxygen atoms in total. The number of nitrogens with zero attached hydrogens (tertiary/aromatic N) is 1. The van der Waals surface area contributed by atoms with E-state index in [9.17, 15) is 4.79 Å². The maximum absolute atomic E-state index is 11.9. The molecule has 0 saturated heterocycles. The zero-order valence-electron chi connectivity index (χ0n) is 11.9. The molecule has 1 aromatic rings. The van der Waals surface area contributed by atoms with E-state index in [1.807, 2.05) is 17.5 Å². The lowest BCUT2D eigenvalue weighted by Crippen LogP contribution is -2.32. The van der Waals surface area contributed by atoms with Gasteiger partial charge in [-0.2, -0.15) is 0 Å². The standard InChI is InChI=1S/C16H25NOS/c1-17(14-8-4-2-3-5-9-14)12-6-10-15(18)16-11-7-13-19-16/h7,11,13-14H,2-6,8-10,12H2,1H3. The van der Waals surface area contributed by atoms with Crippen LogP contribution in [0.1, 0.15) is 61.0 Å². The van der Waals surface area contributed by atoms with Gasteiger partial charge >= 0.3 is 0 Å². The number of Topliss-reactive ketones (excluding diaryl/α,β-unsaturated/α-hetero) is 1. The summed E-state index contributed by atoms with van der Waals surface area (Å²) >= 11 is 1.56. The Bertz CT molecular complexity index is 366. The number of carbonyl (C=O) groups excluding carboxylic acids is 1. The second-order valence-electron chi connectivity index (χ2n) is 5.63. The zero-order valence-corrected chi connectivity index (χ0v) is 12.8. The number of hydrogen-bond donors (Lipinski definition) is 0. The number of thiophene rings is 1. The summed E-state index contributed by atoms with van der Waals surface area (Å²) in [5.41, 5.74) is 0. The molecule has 106 valence electrons. The van der Waals surface area contributed by atoms with E-state index in [1.54, 1.807) is 11.3 Å². The Hall–Kier alpha value is -0.670. The third-order valence-electron chi connectivity index (χ3n) is 4.16. The quantitative estimate of drug-likeness (QED) is 0.569. The van der Waals surface area contributed by atoms with Gasteiger partial charge in [-0.3, -0.25) is 4.79 Å². The van der Waals surface area contributed by atoms with Crippen molar-refractivity contribution in [2.75, 3.05) is 13.6 Å². The first-order valence-corrected chi connectivity index (χ1v) is 8.42. The van der Waals surface area contributed by atoms with Gasteiger partial charge in [-0.15, -0.1) is 11.3 Å². The highest BCUT2D eigenvalue weighted by Gasteiger charge is 2.16. The molecule has 3 heteroatoms. The molecule has 0 spiro atoms. The highest BCUT2D eigenvalue weighted by molar-refractivity contribution is 7.12. The fourth-order valence-electron chi connectivity index (χ4n) is 2.93. The number of rotatable bonds is 6. The van der Waals surface area contributed by atoms with Gasteiger partial charge in [0.1, 0.15) is 0 Å². The summed E-state index contributed by atoms with van der Waals surface area (Å²) < 4.78 is 0. The van der Waals surface area contributed by atoms with E-state index in [4.69, 9.17) is 0 Å². The molecule has 0 unspecified atom stereocenters. The Kier molecular flexibility index (Phi) is 6.05. The highest BCUT2D eigenvalue weighted by atomic mass is 32.1. The van der Waals surface area contributed by atoms with Crippen molar-refractivity contribution in [2.24, 2.45) is 0 Å². The summed E-state index contributed by atoms with van der Waals surface area (Å²) in [5.74, 6) is 0.310. The van der Waals surface area contributed by atoms with Crippen LogP contribution in [0.5, 0.6) is 0 Å². The van der Waals surface area contributed by atoms with E-state index in [0.29, 0.717) is 12.2 Å². The van der Waals surface area contributed by atoms with Crippen LogP contribution in [0.15, 0.2) is 17.5 Å². The molecule has 19 heavy (non-hydrogen) atoms. The van der Waals surface area contributed by atoms with Crippen LogP contribution >= 0.6 is 11.3 Å². The van der Waals surface area contributed by atoms with Crippen LogP contribution in [-0.4, -0.2) is 30.3 Å². The molecular formula is C16H25NOS. The molecule has 0 aliphatic heterocycles. The third kappa shape index (κ3) is 4.73. The first-order chi connectivity index (χ1) is 9.27. The Morgan fingerprint density at radius 1 is 1.32 bits per heavy atom. The molecular weight excluding hydrogens is 254 g/mol. The summed E-state index contributed by atoms with van der Waals surface area (Å²) in [6, 6.07) is 4.64. The minimum absolute atomic E-state index is 0.310. The van der Waals surface area contributed by atoms with Gasteiger partial charge in [0.25, 0.3) is 0 Å². The van der Waals surface area contributed by atoms with Crippen molar-refractivity contribution in [3.8, 4) is 0 Å². The predicted octanol–water partition coefficient (Wildman–Crippen LogP) is 4.37. The predicted molar refractivity (Wildman–Crippen MR) is 82.0 cm³/mol. The van der Waals surface area contributed by atoms with Crippen molar-refractivity contribution in [1.29, 1.82) is 0 Å². The van der Waals surface area contributed by atoms with Gasteiger partial charge in [-0.05, 0) is 44.3 Å². The summed E-state index contributed by atoms with van der Waals surface area (Å²) in [6.45, 7) is 1.06. The van der Waals surface area contributed by atoms with Crippen molar-refractivity contribution in [2.45, 2.75) is 57.4 Å². The maximum atomic E-state index is 11.9. The molecule has 0 radical (unpaired) electrons. The molecule has 0 bridgehead atoms. The van der Waals surface area contributed by atoms with E-state index in [1.165, 1.54) is 38.5 Å². The minimum Gasteiger partial charge on any atom is -0.303 e. The SMILES string of the molecule is CN(CCCC(=O)c1cccs1)C1CCCCCC1. The fraction of sp³-hybridized carbons (Fsp3) is 0.688. The largest absolute Gasteiger partial charge is 0.303 e. The van der Waals surface area contributed by atoms with Crippen molar-refractivity contribution in [3.05, 3.63) is 22.4 Å². The molecule has 1 heterocycles. The lowest BCUT2D eigenvalue weighted by atomic mass is 10.1. The second kappa shape index (κ2) is 7.81. The van der Waals surface area contributed by atoms with Crippen molar-refractivity contribution >= 4 is 17.1 Å². The molecule has 1 aromatic heterocycles. The molecule has 2 rings (SSSR count). The average molecular weight is 279 g/mol. The first kappa shape index (κ1) is 14.7. The molecule has 0 amide bonds. The van der Waals surface area contributed by atoms with Gasteiger partial charge in [-0.1, -0.05) is 31.7 Å².